The third-order valence-electron chi connectivity index (χ3n) is 4.06. The van der Waals surface area contributed by atoms with Crippen LogP contribution in [0, 0.1) is 5.92 Å². The Balaban J connectivity index is 2.04. The summed E-state index contributed by atoms with van der Waals surface area (Å²) in [5.41, 5.74) is 1.96. The highest BCUT2D eigenvalue weighted by Gasteiger charge is 2.19. The van der Waals surface area contributed by atoms with E-state index in [1.807, 2.05) is 25.2 Å². The molecular weight excluding hydrogens is 238 g/mol. The van der Waals surface area contributed by atoms with E-state index in [0.717, 1.165) is 29.9 Å². The van der Waals surface area contributed by atoms with Crippen LogP contribution < -0.4 is 4.74 Å². The fraction of sp³-hybridized carbons (Fsp3) is 0.562. The fourth-order valence-electron chi connectivity index (χ4n) is 2.33. The lowest BCUT2D eigenvalue weighted by Gasteiger charge is -2.27. The third-order valence-corrected chi connectivity index (χ3v) is 4.06. The second-order valence-corrected chi connectivity index (χ2v) is 5.74. The average molecular weight is 261 g/mol. The molecule has 0 saturated carbocycles. The summed E-state index contributed by atoms with van der Waals surface area (Å²) < 4.78 is 5.46. The van der Waals surface area contributed by atoms with Crippen molar-refractivity contribution in [2.45, 2.75) is 33.2 Å². The van der Waals surface area contributed by atoms with E-state index >= 15 is 0 Å². The first-order valence-electron chi connectivity index (χ1n) is 6.98. The van der Waals surface area contributed by atoms with E-state index in [4.69, 9.17) is 4.74 Å². The maximum atomic E-state index is 12.3. The quantitative estimate of drug-likeness (QED) is 0.763. The van der Waals surface area contributed by atoms with Crippen LogP contribution in [0.1, 0.15) is 36.7 Å². The lowest BCUT2D eigenvalue weighted by molar-refractivity contribution is 0.0907. The molecule has 1 heterocycles. The molecule has 1 aliphatic heterocycles. The number of hydrogen-bond acceptors (Lipinski definition) is 3. The molecule has 0 aromatic heterocycles. The van der Waals surface area contributed by atoms with Gasteiger partial charge in [0.05, 0.1) is 13.2 Å². The van der Waals surface area contributed by atoms with Crippen molar-refractivity contribution in [1.29, 1.82) is 0 Å². The van der Waals surface area contributed by atoms with Crippen molar-refractivity contribution in [3.63, 3.8) is 0 Å². The number of likely N-dealkylation sites (N-methyl/N-ethyl adjacent to an activating group) is 1. The minimum Gasteiger partial charge on any atom is -0.493 e. The lowest BCUT2D eigenvalue weighted by Crippen LogP contribution is -2.37. The Hall–Kier alpha value is -1.35. The van der Waals surface area contributed by atoms with Crippen LogP contribution in [0.3, 0.4) is 0 Å². The Kier molecular flexibility index (Phi) is 4.25. The van der Waals surface area contributed by atoms with Gasteiger partial charge in [0.25, 0.3) is 0 Å². The number of Topliss-reactive ketones (excluding diaryl/α,β-unsaturated/α-hetero) is 1. The number of fused-ring (bicyclic) bond motifs is 1. The van der Waals surface area contributed by atoms with Gasteiger partial charge >= 0.3 is 0 Å². The molecule has 104 valence electrons. The molecule has 0 fully saturated rings. The molecule has 0 spiro atoms. The van der Waals surface area contributed by atoms with Crippen LogP contribution in [-0.2, 0) is 6.42 Å². The number of ether oxygens (including phenoxy) is 1. The summed E-state index contributed by atoms with van der Waals surface area (Å²) in [6.07, 6.45) is 0.911. The van der Waals surface area contributed by atoms with E-state index in [9.17, 15) is 4.79 Å². The number of carbonyl (C=O) groups excluding carboxylic acids is 1. The summed E-state index contributed by atoms with van der Waals surface area (Å²) in [4.78, 5) is 14.4. The van der Waals surface area contributed by atoms with Gasteiger partial charge < -0.3 is 4.74 Å². The third kappa shape index (κ3) is 3.16. The molecule has 0 N–H and O–H groups in total. The highest BCUT2D eigenvalue weighted by Crippen LogP contribution is 2.26. The first-order chi connectivity index (χ1) is 8.99. The van der Waals surface area contributed by atoms with Gasteiger partial charge in [0, 0.05) is 18.0 Å². The number of hydrogen-bond donors (Lipinski definition) is 0. The molecule has 0 bridgehead atoms. The Morgan fingerprint density at radius 1 is 1.37 bits per heavy atom. The highest BCUT2D eigenvalue weighted by atomic mass is 16.5. The molecular formula is C16H23NO2. The molecule has 0 amide bonds. The SMILES string of the molecule is CC(C)C(C)N(C)CC(=O)c1ccc2c(c1)CCO2. The monoisotopic (exact) mass is 261 g/mol. The molecule has 0 saturated heterocycles. The normalized spacial score (nSPS) is 15.5. The molecule has 2 rings (SSSR count). The van der Waals surface area contributed by atoms with Crippen molar-refractivity contribution in [3.05, 3.63) is 29.3 Å². The van der Waals surface area contributed by atoms with Gasteiger partial charge in [-0.2, -0.15) is 0 Å². The van der Waals surface area contributed by atoms with Crippen molar-refractivity contribution in [3.8, 4) is 5.75 Å². The first kappa shape index (κ1) is 14.1. The first-order valence-corrected chi connectivity index (χ1v) is 6.98. The Morgan fingerprint density at radius 3 is 2.79 bits per heavy atom. The van der Waals surface area contributed by atoms with Crippen molar-refractivity contribution < 1.29 is 9.53 Å². The van der Waals surface area contributed by atoms with Gasteiger partial charge in [-0.1, -0.05) is 13.8 Å². The summed E-state index contributed by atoms with van der Waals surface area (Å²) in [6.45, 7) is 7.72. The van der Waals surface area contributed by atoms with E-state index in [2.05, 4.69) is 25.7 Å². The van der Waals surface area contributed by atoms with E-state index in [0.29, 0.717) is 18.5 Å². The molecule has 1 atom stereocenters. The number of carbonyl (C=O) groups is 1. The molecule has 19 heavy (non-hydrogen) atoms. The lowest BCUT2D eigenvalue weighted by atomic mass is 10.0. The van der Waals surface area contributed by atoms with E-state index in [1.165, 1.54) is 0 Å². The van der Waals surface area contributed by atoms with Gasteiger partial charge in [0.1, 0.15) is 5.75 Å². The largest absolute Gasteiger partial charge is 0.493 e. The van der Waals surface area contributed by atoms with E-state index in [-0.39, 0.29) is 5.78 Å². The van der Waals surface area contributed by atoms with Gasteiger partial charge in [-0.3, -0.25) is 9.69 Å². The summed E-state index contributed by atoms with van der Waals surface area (Å²) >= 11 is 0. The summed E-state index contributed by atoms with van der Waals surface area (Å²) in [5.74, 6) is 1.66. The Labute approximate surface area is 115 Å². The maximum absolute atomic E-state index is 12.3. The molecule has 3 nitrogen and oxygen atoms in total. The predicted molar refractivity (Wildman–Crippen MR) is 76.9 cm³/mol. The van der Waals surface area contributed by atoms with Crippen LogP contribution in [0.2, 0.25) is 0 Å². The van der Waals surface area contributed by atoms with Crippen molar-refractivity contribution in [2.75, 3.05) is 20.2 Å². The van der Waals surface area contributed by atoms with E-state index < -0.39 is 0 Å². The van der Waals surface area contributed by atoms with Crippen molar-refractivity contribution in [2.24, 2.45) is 5.92 Å². The van der Waals surface area contributed by atoms with Gasteiger partial charge in [0.15, 0.2) is 5.78 Å². The summed E-state index contributed by atoms with van der Waals surface area (Å²) in [5, 5.41) is 0. The maximum Gasteiger partial charge on any atom is 0.176 e. The zero-order valence-electron chi connectivity index (χ0n) is 12.3. The Bertz CT molecular complexity index is 468. The number of benzene rings is 1. The smallest absolute Gasteiger partial charge is 0.176 e. The molecule has 1 aliphatic rings. The van der Waals surface area contributed by atoms with Crippen molar-refractivity contribution >= 4 is 5.78 Å². The van der Waals surface area contributed by atoms with Gasteiger partial charge in [-0.25, -0.2) is 0 Å². The van der Waals surface area contributed by atoms with Gasteiger partial charge in [-0.05, 0) is 43.7 Å². The second kappa shape index (κ2) is 5.74. The van der Waals surface area contributed by atoms with Crippen LogP contribution in [0.4, 0.5) is 0 Å². The molecule has 1 unspecified atom stereocenters. The van der Waals surface area contributed by atoms with Gasteiger partial charge in [-0.15, -0.1) is 0 Å². The molecule has 0 aliphatic carbocycles. The minimum absolute atomic E-state index is 0.185. The highest BCUT2D eigenvalue weighted by molar-refractivity contribution is 5.98. The van der Waals surface area contributed by atoms with Crippen LogP contribution >= 0.6 is 0 Å². The predicted octanol–water partition coefficient (Wildman–Crippen LogP) is 2.78. The second-order valence-electron chi connectivity index (χ2n) is 5.74. The number of nitrogens with zero attached hydrogens (tertiary/aromatic N) is 1. The Morgan fingerprint density at radius 2 is 2.11 bits per heavy atom. The van der Waals surface area contributed by atoms with Crippen LogP contribution in [0.15, 0.2) is 18.2 Å². The standard InChI is InChI=1S/C16H23NO2/c1-11(2)12(3)17(4)10-15(18)13-5-6-16-14(9-13)7-8-19-16/h5-6,9,11-12H,7-8,10H2,1-4H3. The zero-order chi connectivity index (χ0) is 14.0. The fourth-order valence-corrected chi connectivity index (χ4v) is 2.33. The average Bonchev–Trinajstić information content (AvgIpc) is 2.84. The summed E-state index contributed by atoms with van der Waals surface area (Å²) in [6, 6.07) is 6.18. The molecule has 0 radical (unpaired) electrons. The van der Waals surface area contributed by atoms with Crippen LogP contribution in [0.25, 0.3) is 0 Å². The topological polar surface area (TPSA) is 29.5 Å². The van der Waals surface area contributed by atoms with E-state index in [1.54, 1.807) is 0 Å². The van der Waals surface area contributed by atoms with Crippen molar-refractivity contribution in [1.82, 2.24) is 4.90 Å². The number of ketones is 1. The van der Waals surface area contributed by atoms with Crippen LogP contribution in [-0.4, -0.2) is 36.9 Å². The molecule has 1 aromatic carbocycles. The number of rotatable bonds is 5. The van der Waals surface area contributed by atoms with Gasteiger partial charge in [0.2, 0.25) is 0 Å². The minimum atomic E-state index is 0.185. The summed E-state index contributed by atoms with van der Waals surface area (Å²) in [7, 11) is 2.01. The van der Waals surface area contributed by atoms with Crippen LogP contribution in [0.5, 0.6) is 5.75 Å². The zero-order valence-corrected chi connectivity index (χ0v) is 12.3. The molecule has 1 aromatic rings. The molecule has 3 heteroatoms.